The van der Waals surface area contributed by atoms with Crippen molar-refractivity contribution in [3.05, 3.63) is 28.7 Å². The molecular weight excluding hydrogens is 272 g/mol. The second-order valence-corrected chi connectivity index (χ2v) is 5.39. The van der Waals surface area contributed by atoms with Crippen molar-refractivity contribution in [3.8, 4) is 5.75 Å². The standard InChI is InChI=1S/C14H20N4OS/c1-5-15-13-12(19-4)14(17-9-16-13)18(3)10(2)11-7-6-8-20-11/h6-10H,5H2,1-4H3,(H,15,16,17). The lowest BCUT2D eigenvalue weighted by atomic mass is 10.2. The van der Waals surface area contributed by atoms with Crippen LogP contribution in [0.4, 0.5) is 11.6 Å². The van der Waals surface area contributed by atoms with E-state index in [1.165, 1.54) is 4.88 Å². The number of ether oxygens (including phenoxy) is 1. The van der Waals surface area contributed by atoms with E-state index in [0.717, 1.165) is 18.2 Å². The number of hydrogen-bond donors (Lipinski definition) is 1. The summed E-state index contributed by atoms with van der Waals surface area (Å²) >= 11 is 1.74. The van der Waals surface area contributed by atoms with Crippen molar-refractivity contribution >= 4 is 23.0 Å². The van der Waals surface area contributed by atoms with Gasteiger partial charge in [0.2, 0.25) is 5.75 Å². The van der Waals surface area contributed by atoms with Gasteiger partial charge >= 0.3 is 0 Å². The van der Waals surface area contributed by atoms with Crippen LogP contribution in [0.15, 0.2) is 23.8 Å². The summed E-state index contributed by atoms with van der Waals surface area (Å²) in [7, 11) is 3.66. The molecular formula is C14H20N4OS. The van der Waals surface area contributed by atoms with Crippen molar-refractivity contribution in [1.82, 2.24) is 9.97 Å². The van der Waals surface area contributed by atoms with Gasteiger partial charge in [-0.1, -0.05) is 6.07 Å². The number of hydrogen-bond acceptors (Lipinski definition) is 6. The van der Waals surface area contributed by atoms with Crippen LogP contribution >= 0.6 is 11.3 Å². The predicted molar refractivity (Wildman–Crippen MR) is 83.9 cm³/mol. The largest absolute Gasteiger partial charge is 0.490 e. The van der Waals surface area contributed by atoms with Crippen molar-refractivity contribution < 1.29 is 4.74 Å². The maximum absolute atomic E-state index is 5.49. The molecule has 0 radical (unpaired) electrons. The molecule has 0 aliphatic carbocycles. The fourth-order valence-electron chi connectivity index (χ4n) is 2.00. The molecule has 2 rings (SSSR count). The third-order valence-corrected chi connectivity index (χ3v) is 4.25. The monoisotopic (exact) mass is 292 g/mol. The van der Waals surface area contributed by atoms with Gasteiger partial charge in [-0.15, -0.1) is 11.3 Å². The van der Waals surface area contributed by atoms with Gasteiger partial charge in [-0.3, -0.25) is 0 Å². The summed E-state index contributed by atoms with van der Waals surface area (Å²) < 4.78 is 5.49. The van der Waals surface area contributed by atoms with E-state index in [-0.39, 0.29) is 6.04 Å². The quantitative estimate of drug-likeness (QED) is 0.886. The highest BCUT2D eigenvalue weighted by Crippen LogP contribution is 2.36. The number of nitrogens with one attached hydrogen (secondary N) is 1. The zero-order valence-electron chi connectivity index (χ0n) is 12.3. The second-order valence-electron chi connectivity index (χ2n) is 4.41. The number of aromatic nitrogens is 2. The molecule has 20 heavy (non-hydrogen) atoms. The number of anilines is 2. The lowest BCUT2D eigenvalue weighted by Crippen LogP contribution is -2.23. The van der Waals surface area contributed by atoms with Crippen molar-refractivity contribution in [3.63, 3.8) is 0 Å². The van der Waals surface area contributed by atoms with Crippen LogP contribution in [0.25, 0.3) is 0 Å². The van der Waals surface area contributed by atoms with Crippen molar-refractivity contribution in [2.24, 2.45) is 0 Å². The number of rotatable bonds is 6. The summed E-state index contributed by atoms with van der Waals surface area (Å²) in [6.07, 6.45) is 1.56. The van der Waals surface area contributed by atoms with Crippen molar-refractivity contribution in [2.45, 2.75) is 19.9 Å². The average Bonchev–Trinajstić information content (AvgIpc) is 3.00. The Balaban J connectivity index is 2.34. The Hall–Kier alpha value is -1.82. The molecule has 0 saturated carbocycles. The van der Waals surface area contributed by atoms with Gasteiger partial charge in [0.25, 0.3) is 0 Å². The first-order valence-corrected chi connectivity index (χ1v) is 7.46. The van der Waals surface area contributed by atoms with Gasteiger partial charge in [-0.25, -0.2) is 9.97 Å². The van der Waals surface area contributed by atoms with E-state index >= 15 is 0 Å². The average molecular weight is 292 g/mol. The van der Waals surface area contributed by atoms with Gasteiger partial charge in [0.1, 0.15) is 6.33 Å². The number of thiophene rings is 1. The summed E-state index contributed by atoms with van der Waals surface area (Å²) in [5.41, 5.74) is 0. The molecule has 1 atom stereocenters. The minimum atomic E-state index is 0.230. The van der Waals surface area contributed by atoms with Crippen LogP contribution in [0.1, 0.15) is 24.8 Å². The van der Waals surface area contributed by atoms with Gasteiger partial charge in [-0.05, 0) is 25.3 Å². The molecule has 108 valence electrons. The van der Waals surface area contributed by atoms with Gasteiger partial charge in [0.15, 0.2) is 11.6 Å². The molecule has 5 nitrogen and oxygen atoms in total. The molecule has 0 saturated heterocycles. The molecule has 2 heterocycles. The first-order valence-electron chi connectivity index (χ1n) is 6.58. The lowest BCUT2D eigenvalue weighted by molar-refractivity contribution is 0.411. The fraction of sp³-hybridized carbons (Fsp3) is 0.429. The summed E-state index contributed by atoms with van der Waals surface area (Å²) in [6.45, 7) is 4.97. The van der Waals surface area contributed by atoms with E-state index in [0.29, 0.717) is 5.75 Å². The highest BCUT2D eigenvalue weighted by atomic mass is 32.1. The van der Waals surface area contributed by atoms with Crippen LogP contribution in [-0.2, 0) is 0 Å². The van der Waals surface area contributed by atoms with Crippen LogP contribution in [-0.4, -0.2) is 30.7 Å². The molecule has 0 bridgehead atoms. The Kier molecular flexibility index (Phi) is 4.79. The molecule has 6 heteroatoms. The third kappa shape index (κ3) is 2.85. The van der Waals surface area contributed by atoms with Crippen LogP contribution in [0.5, 0.6) is 5.75 Å². The lowest BCUT2D eigenvalue weighted by Gasteiger charge is -2.27. The van der Waals surface area contributed by atoms with E-state index in [1.54, 1.807) is 24.8 Å². The first-order chi connectivity index (χ1) is 9.69. The molecule has 1 unspecified atom stereocenters. The van der Waals surface area contributed by atoms with Crippen molar-refractivity contribution in [2.75, 3.05) is 30.9 Å². The zero-order chi connectivity index (χ0) is 14.5. The first kappa shape index (κ1) is 14.6. The number of nitrogens with zero attached hydrogens (tertiary/aromatic N) is 3. The maximum Gasteiger partial charge on any atom is 0.204 e. The summed E-state index contributed by atoms with van der Waals surface area (Å²) in [6, 6.07) is 4.42. The van der Waals surface area contributed by atoms with E-state index < -0.39 is 0 Å². The van der Waals surface area contributed by atoms with E-state index in [9.17, 15) is 0 Å². The Morgan fingerprint density at radius 1 is 1.45 bits per heavy atom. The Bertz CT molecular complexity index is 544. The maximum atomic E-state index is 5.49. The normalized spacial score (nSPS) is 12.0. The zero-order valence-corrected chi connectivity index (χ0v) is 13.1. The molecule has 0 fully saturated rings. The third-order valence-electron chi connectivity index (χ3n) is 3.20. The highest BCUT2D eigenvalue weighted by Gasteiger charge is 2.20. The van der Waals surface area contributed by atoms with E-state index in [1.807, 2.05) is 14.0 Å². The summed E-state index contributed by atoms with van der Waals surface area (Å²) in [4.78, 5) is 12.0. The molecule has 1 N–H and O–H groups in total. The molecule has 0 aliphatic rings. The second kappa shape index (κ2) is 6.56. The summed E-state index contributed by atoms with van der Waals surface area (Å²) in [5.74, 6) is 2.20. The molecule has 2 aromatic rings. The molecule has 2 aromatic heterocycles. The molecule has 0 aromatic carbocycles. The van der Waals surface area contributed by atoms with Crippen LogP contribution < -0.4 is 15.0 Å². The van der Waals surface area contributed by atoms with Gasteiger partial charge in [0.05, 0.1) is 13.2 Å². The minimum absolute atomic E-state index is 0.230. The van der Waals surface area contributed by atoms with E-state index in [2.05, 4.69) is 44.6 Å². The smallest absolute Gasteiger partial charge is 0.204 e. The summed E-state index contributed by atoms with van der Waals surface area (Å²) in [5, 5.41) is 5.28. The minimum Gasteiger partial charge on any atom is -0.490 e. The van der Waals surface area contributed by atoms with Gasteiger partial charge < -0.3 is 15.0 Å². The van der Waals surface area contributed by atoms with Crippen molar-refractivity contribution in [1.29, 1.82) is 0 Å². The fourth-order valence-corrected chi connectivity index (χ4v) is 2.83. The molecule has 0 aliphatic heterocycles. The van der Waals surface area contributed by atoms with Gasteiger partial charge in [0, 0.05) is 18.5 Å². The van der Waals surface area contributed by atoms with Crippen LogP contribution in [0.3, 0.4) is 0 Å². The Morgan fingerprint density at radius 3 is 2.85 bits per heavy atom. The SMILES string of the molecule is CCNc1ncnc(N(C)C(C)c2cccs2)c1OC. The number of methoxy groups -OCH3 is 1. The molecule has 0 amide bonds. The topological polar surface area (TPSA) is 50.3 Å². The van der Waals surface area contributed by atoms with Gasteiger partial charge in [-0.2, -0.15) is 0 Å². The van der Waals surface area contributed by atoms with E-state index in [4.69, 9.17) is 4.74 Å². The predicted octanol–water partition coefficient (Wildman–Crippen LogP) is 3.18. The van der Waals surface area contributed by atoms with Crippen LogP contribution in [0, 0.1) is 0 Å². The van der Waals surface area contributed by atoms with Crippen LogP contribution in [0.2, 0.25) is 0 Å². The Morgan fingerprint density at radius 2 is 2.25 bits per heavy atom. The molecule has 0 spiro atoms. The Labute approximate surface area is 123 Å². The highest BCUT2D eigenvalue weighted by molar-refractivity contribution is 7.10.